The lowest BCUT2D eigenvalue weighted by Gasteiger charge is -2.18. The summed E-state index contributed by atoms with van der Waals surface area (Å²) in [6.07, 6.45) is -0.216. The van der Waals surface area contributed by atoms with E-state index in [1.807, 2.05) is 38.1 Å². The summed E-state index contributed by atoms with van der Waals surface area (Å²) in [7, 11) is 0. The Labute approximate surface area is 115 Å². The van der Waals surface area contributed by atoms with Crippen LogP contribution in [0.25, 0.3) is 0 Å². The maximum absolute atomic E-state index is 9.80. The van der Waals surface area contributed by atoms with Gasteiger partial charge in [-0.3, -0.25) is 0 Å². The van der Waals surface area contributed by atoms with E-state index in [2.05, 4.69) is 5.32 Å². The van der Waals surface area contributed by atoms with Gasteiger partial charge in [-0.2, -0.15) is 0 Å². The second kappa shape index (κ2) is 8.15. The smallest absolute Gasteiger partial charge is 0.119 e. The molecule has 1 aromatic rings. The van der Waals surface area contributed by atoms with Crippen molar-refractivity contribution in [3.05, 3.63) is 29.8 Å². The van der Waals surface area contributed by atoms with Gasteiger partial charge in [0.1, 0.15) is 18.5 Å². The van der Waals surface area contributed by atoms with Crippen molar-refractivity contribution >= 4 is 0 Å². The molecule has 0 saturated carbocycles. The first kappa shape index (κ1) is 16.0. The average Bonchev–Trinajstić information content (AvgIpc) is 2.35. The number of nitrogens with one attached hydrogen (secondary N) is 1. The molecule has 3 unspecified atom stereocenters. The van der Waals surface area contributed by atoms with Crippen molar-refractivity contribution < 1.29 is 14.9 Å². The summed E-state index contributed by atoms with van der Waals surface area (Å²) < 4.78 is 5.50. The molecule has 0 fully saturated rings. The Kier molecular flexibility index (Phi) is 6.84. The van der Waals surface area contributed by atoms with E-state index in [1.54, 1.807) is 6.92 Å². The fourth-order valence-electron chi connectivity index (χ4n) is 1.82. The highest BCUT2D eigenvalue weighted by Crippen LogP contribution is 2.11. The van der Waals surface area contributed by atoms with Crippen LogP contribution in [0.15, 0.2) is 24.3 Å². The molecule has 19 heavy (non-hydrogen) atoms. The van der Waals surface area contributed by atoms with Gasteiger partial charge in [0, 0.05) is 12.6 Å². The molecule has 0 aliphatic heterocycles. The topological polar surface area (TPSA) is 61.7 Å². The molecule has 0 heterocycles. The van der Waals surface area contributed by atoms with Crippen molar-refractivity contribution in [2.45, 2.75) is 45.4 Å². The average molecular weight is 267 g/mol. The van der Waals surface area contributed by atoms with Crippen LogP contribution in [0.4, 0.5) is 0 Å². The third kappa shape index (κ3) is 7.15. The van der Waals surface area contributed by atoms with Crippen molar-refractivity contribution in [3.63, 3.8) is 0 Å². The van der Waals surface area contributed by atoms with E-state index in [0.717, 1.165) is 5.75 Å². The Bertz CT molecular complexity index is 351. The number of hydrogen-bond acceptors (Lipinski definition) is 4. The van der Waals surface area contributed by atoms with Gasteiger partial charge < -0.3 is 20.3 Å². The Hall–Kier alpha value is -1.10. The molecule has 3 atom stereocenters. The van der Waals surface area contributed by atoms with Gasteiger partial charge in [-0.15, -0.1) is 0 Å². The largest absolute Gasteiger partial charge is 0.491 e. The maximum Gasteiger partial charge on any atom is 0.119 e. The Morgan fingerprint density at radius 1 is 1.16 bits per heavy atom. The first-order chi connectivity index (χ1) is 8.97. The second-order valence-electron chi connectivity index (χ2n) is 5.17. The Morgan fingerprint density at radius 2 is 1.79 bits per heavy atom. The Balaban J connectivity index is 2.20. The van der Waals surface area contributed by atoms with Crippen LogP contribution in [0.2, 0.25) is 0 Å². The molecule has 3 N–H and O–H groups in total. The summed E-state index contributed by atoms with van der Waals surface area (Å²) in [5.74, 6) is 0.765. The summed E-state index contributed by atoms with van der Waals surface area (Å²) in [5.41, 5.74) is 1.18. The summed E-state index contributed by atoms with van der Waals surface area (Å²) in [6, 6.07) is 7.92. The van der Waals surface area contributed by atoms with Crippen LogP contribution in [-0.2, 0) is 0 Å². The summed E-state index contributed by atoms with van der Waals surface area (Å²) in [5, 5.41) is 22.2. The van der Waals surface area contributed by atoms with E-state index in [-0.39, 0.29) is 18.8 Å². The van der Waals surface area contributed by atoms with Crippen molar-refractivity contribution in [2.24, 2.45) is 0 Å². The van der Waals surface area contributed by atoms with Crippen molar-refractivity contribution in [2.75, 3.05) is 13.2 Å². The fourth-order valence-corrected chi connectivity index (χ4v) is 1.82. The highest BCUT2D eigenvalue weighted by molar-refractivity contribution is 5.26. The van der Waals surface area contributed by atoms with Gasteiger partial charge in [-0.1, -0.05) is 17.7 Å². The minimum Gasteiger partial charge on any atom is -0.491 e. The van der Waals surface area contributed by atoms with Crippen LogP contribution in [0.1, 0.15) is 25.8 Å². The number of aliphatic hydroxyl groups excluding tert-OH is 2. The Morgan fingerprint density at radius 3 is 2.37 bits per heavy atom. The first-order valence-corrected chi connectivity index (χ1v) is 6.76. The highest BCUT2D eigenvalue weighted by Gasteiger charge is 2.09. The molecule has 0 amide bonds. The highest BCUT2D eigenvalue weighted by atomic mass is 16.5. The van der Waals surface area contributed by atoms with Crippen LogP contribution >= 0.6 is 0 Å². The minimum atomic E-state index is -0.558. The number of ether oxygens (including phenoxy) is 1. The van der Waals surface area contributed by atoms with E-state index in [4.69, 9.17) is 4.74 Å². The van der Waals surface area contributed by atoms with Crippen molar-refractivity contribution in [3.8, 4) is 5.75 Å². The lowest BCUT2D eigenvalue weighted by molar-refractivity contribution is 0.100. The van der Waals surface area contributed by atoms with Gasteiger partial charge in [-0.25, -0.2) is 0 Å². The molecule has 1 aromatic carbocycles. The van der Waals surface area contributed by atoms with Crippen LogP contribution in [0.3, 0.4) is 0 Å². The summed E-state index contributed by atoms with van der Waals surface area (Å²) >= 11 is 0. The molecular formula is C15H25NO3. The van der Waals surface area contributed by atoms with Crippen molar-refractivity contribution in [1.82, 2.24) is 5.32 Å². The monoisotopic (exact) mass is 267 g/mol. The zero-order valence-corrected chi connectivity index (χ0v) is 12.0. The lowest BCUT2D eigenvalue weighted by Crippen LogP contribution is -2.37. The zero-order valence-electron chi connectivity index (χ0n) is 12.0. The standard InChI is InChI=1S/C15H25NO3/c1-11-4-6-15(7-5-11)19-10-14(18)9-16-12(2)8-13(3)17/h4-7,12-14,16-18H,8-10H2,1-3H3. The number of aryl methyl sites for hydroxylation is 1. The van der Waals surface area contributed by atoms with Gasteiger partial charge in [0.15, 0.2) is 0 Å². The molecule has 0 aliphatic carbocycles. The third-order valence-corrected chi connectivity index (χ3v) is 2.86. The van der Waals surface area contributed by atoms with Crippen LogP contribution in [0, 0.1) is 6.92 Å². The lowest BCUT2D eigenvalue weighted by atomic mass is 10.1. The molecule has 0 saturated heterocycles. The van der Waals surface area contributed by atoms with Crippen molar-refractivity contribution in [1.29, 1.82) is 0 Å². The quantitative estimate of drug-likeness (QED) is 0.668. The predicted molar refractivity (Wildman–Crippen MR) is 76.4 cm³/mol. The van der Waals surface area contributed by atoms with E-state index in [9.17, 15) is 10.2 Å². The van der Waals surface area contributed by atoms with Gasteiger partial charge in [0.25, 0.3) is 0 Å². The first-order valence-electron chi connectivity index (χ1n) is 6.76. The van der Waals surface area contributed by atoms with Crippen LogP contribution in [0.5, 0.6) is 5.75 Å². The van der Waals surface area contributed by atoms with Crippen LogP contribution in [-0.4, -0.2) is 41.6 Å². The van der Waals surface area contributed by atoms with Gasteiger partial charge in [0.2, 0.25) is 0 Å². The van der Waals surface area contributed by atoms with E-state index >= 15 is 0 Å². The molecule has 108 valence electrons. The van der Waals surface area contributed by atoms with E-state index in [1.165, 1.54) is 5.56 Å². The van der Waals surface area contributed by atoms with Gasteiger partial charge in [-0.05, 0) is 39.3 Å². The second-order valence-corrected chi connectivity index (χ2v) is 5.17. The molecule has 1 rings (SSSR count). The van der Waals surface area contributed by atoms with Gasteiger partial charge in [0.05, 0.1) is 6.10 Å². The molecule has 4 nitrogen and oxygen atoms in total. The normalized spacial score (nSPS) is 15.8. The molecular weight excluding hydrogens is 242 g/mol. The molecule has 0 spiro atoms. The molecule has 0 radical (unpaired) electrons. The summed E-state index contributed by atoms with van der Waals surface area (Å²) in [6.45, 7) is 6.48. The molecule has 4 heteroatoms. The molecule has 0 bridgehead atoms. The number of aliphatic hydroxyl groups is 2. The number of rotatable bonds is 8. The third-order valence-electron chi connectivity index (χ3n) is 2.86. The molecule has 0 aliphatic rings. The van der Waals surface area contributed by atoms with E-state index < -0.39 is 6.10 Å². The minimum absolute atomic E-state index is 0.175. The molecule has 0 aromatic heterocycles. The van der Waals surface area contributed by atoms with Crippen LogP contribution < -0.4 is 10.1 Å². The van der Waals surface area contributed by atoms with E-state index in [0.29, 0.717) is 13.0 Å². The number of hydrogen-bond donors (Lipinski definition) is 3. The number of benzene rings is 1. The fraction of sp³-hybridized carbons (Fsp3) is 0.600. The van der Waals surface area contributed by atoms with Gasteiger partial charge >= 0.3 is 0 Å². The summed E-state index contributed by atoms with van der Waals surface area (Å²) in [4.78, 5) is 0. The SMILES string of the molecule is Cc1ccc(OCC(O)CNC(C)CC(C)O)cc1. The maximum atomic E-state index is 9.80. The zero-order chi connectivity index (χ0) is 14.3. The predicted octanol–water partition coefficient (Wildman–Crippen LogP) is 1.48.